The summed E-state index contributed by atoms with van der Waals surface area (Å²) in [6, 6.07) is 10.1. The molecule has 2 atom stereocenters. The molecule has 2 rings (SSSR count). The summed E-state index contributed by atoms with van der Waals surface area (Å²) in [4.78, 5) is 10.9. The fraction of sp³-hybridized carbons (Fsp3) is 0.357. The van der Waals surface area contributed by atoms with Crippen molar-refractivity contribution in [2.24, 2.45) is 5.92 Å². The van der Waals surface area contributed by atoms with Crippen molar-refractivity contribution in [1.29, 1.82) is 0 Å². The molecule has 3 heteroatoms. The lowest BCUT2D eigenvalue weighted by atomic mass is 9.89. The molecule has 1 aromatic rings. The molecule has 1 saturated heterocycles. The van der Waals surface area contributed by atoms with Gasteiger partial charge in [0.15, 0.2) is 0 Å². The third-order valence-electron chi connectivity index (χ3n) is 2.95. The third kappa shape index (κ3) is 2.94. The minimum atomic E-state index is -0.360. The fourth-order valence-corrected chi connectivity index (χ4v) is 1.94. The van der Waals surface area contributed by atoms with Crippen LogP contribution in [0, 0.1) is 5.92 Å². The highest BCUT2D eigenvalue weighted by molar-refractivity contribution is 5.81. The Labute approximate surface area is 101 Å². The van der Waals surface area contributed by atoms with E-state index in [4.69, 9.17) is 9.47 Å². The Morgan fingerprint density at radius 2 is 2.24 bits per heavy atom. The molecule has 1 aliphatic heterocycles. The first-order valence-corrected chi connectivity index (χ1v) is 5.77. The number of ether oxygens (including phenoxy) is 2. The van der Waals surface area contributed by atoms with Gasteiger partial charge in [0.25, 0.3) is 0 Å². The molecule has 1 heterocycles. The van der Waals surface area contributed by atoms with Crippen LogP contribution in [0.2, 0.25) is 0 Å². The van der Waals surface area contributed by atoms with Crippen LogP contribution in [0.1, 0.15) is 18.1 Å². The van der Waals surface area contributed by atoms with E-state index in [9.17, 15) is 4.79 Å². The van der Waals surface area contributed by atoms with Crippen molar-refractivity contribution in [2.45, 2.75) is 12.5 Å². The van der Waals surface area contributed by atoms with Crippen molar-refractivity contribution < 1.29 is 14.3 Å². The largest absolute Gasteiger partial charge is 0.463 e. The highest BCUT2D eigenvalue weighted by atomic mass is 16.5. The zero-order valence-corrected chi connectivity index (χ0v) is 9.67. The Bertz CT molecular complexity index is 386. The molecule has 1 fully saturated rings. The van der Waals surface area contributed by atoms with Gasteiger partial charge in [-0.25, -0.2) is 4.79 Å². The fourth-order valence-electron chi connectivity index (χ4n) is 1.94. The second kappa shape index (κ2) is 5.64. The van der Waals surface area contributed by atoms with Gasteiger partial charge in [0, 0.05) is 12.0 Å². The molecule has 0 amide bonds. The number of rotatable bonds is 5. The molecule has 2 unspecified atom stereocenters. The van der Waals surface area contributed by atoms with Gasteiger partial charge in [-0.05, 0) is 12.0 Å². The van der Waals surface area contributed by atoms with Crippen LogP contribution in [0.3, 0.4) is 0 Å². The van der Waals surface area contributed by atoms with Gasteiger partial charge in [-0.15, -0.1) is 0 Å². The highest BCUT2D eigenvalue weighted by Crippen LogP contribution is 2.37. The summed E-state index contributed by atoms with van der Waals surface area (Å²) < 4.78 is 10.5. The summed E-state index contributed by atoms with van der Waals surface area (Å²) in [7, 11) is 0. The van der Waals surface area contributed by atoms with Crippen LogP contribution >= 0.6 is 0 Å². The highest BCUT2D eigenvalue weighted by Gasteiger charge is 2.32. The van der Waals surface area contributed by atoms with E-state index in [1.54, 1.807) is 0 Å². The molecule has 0 N–H and O–H groups in total. The summed E-state index contributed by atoms with van der Waals surface area (Å²) in [6.07, 6.45) is 2.17. The maximum atomic E-state index is 10.9. The molecule has 0 radical (unpaired) electrons. The predicted octanol–water partition coefficient (Wildman–Crippen LogP) is 2.49. The number of hydrogen-bond acceptors (Lipinski definition) is 3. The van der Waals surface area contributed by atoms with Crippen LogP contribution in [-0.4, -0.2) is 19.2 Å². The summed E-state index contributed by atoms with van der Waals surface area (Å²) in [5.41, 5.74) is 1.19. The molecule has 1 aromatic carbocycles. The quantitative estimate of drug-likeness (QED) is 0.578. The summed E-state index contributed by atoms with van der Waals surface area (Å²) in [6.45, 7) is 4.53. The Morgan fingerprint density at radius 1 is 1.47 bits per heavy atom. The molecule has 0 aromatic heterocycles. The SMILES string of the molecule is C=CC(=O)OCCC1COC1c1ccccc1. The van der Waals surface area contributed by atoms with E-state index in [0.717, 1.165) is 13.0 Å². The molecule has 90 valence electrons. The zero-order chi connectivity index (χ0) is 12.1. The van der Waals surface area contributed by atoms with Crippen molar-refractivity contribution in [3.05, 3.63) is 48.6 Å². The number of esters is 1. The van der Waals surface area contributed by atoms with E-state index in [-0.39, 0.29) is 12.1 Å². The summed E-state index contributed by atoms with van der Waals surface area (Å²) in [5.74, 6) is 0.0801. The third-order valence-corrected chi connectivity index (χ3v) is 2.95. The summed E-state index contributed by atoms with van der Waals surface area (Å²) >= 11 is 0. The monoisotopic (exact) mass is 232 g/mol. The van der Waals surface area contributed by atoms with Crippen LogP contribution in [0.4, 0.5) is 0 Å². The molecular formula is C14H16O3. The van der Waals surface area contributed by atoms with Crippen molar-refractivity contribution in [3.8, 4) is 0 Å². The molecule has 1 aliphatic rings. The van der Waals surface area contributed by atoms with E-state index in [1.165, 1.54) is 11.6 Å². The average molecular weight is 232 g/mol. The number of carbonyl (C=O) groups excluding carboxylic acids is 1. The standard InChI is InChI=1S/C14H16O3/c1-2-13(15)16-9-8-12-10-17-14(12)11-6-4-3-5-7-11/h2-7,12,14H,1,8-10H2. The van der Waals surface area contributed by atoms with E-state index in [0.29, 0.717) is 12.5 Å². The van der Waals surface area contributed by atoms with Crippen LogP contribution < -0.4 is 0 Å². The first-order chi connectivity index (χ1) is 8.31. The lowest BCUT2D eigenvalue weighted by molar-refractivity contribution is -0.145. The lowest BCUT2D eigenvalue weighted by Crippen LogP contribution is -2.33. The molecule has 3 nitrogen and oxygen atoms in total. The lowest BCUT2D eigenvalue weighted by Gasteiger charge is -2.37. The molecule has 17 heavy (non-hydrogen) atoms. The normalized spacial score (nSPS) is 22.6. The van der Waals surface area contributed by atoms with E-state index >= 15 is 0 Å². The van der Waals surface area contributed by atoms with Gasteiger partial charge in [-0.3, -0.25) is 0 Å². The average Bonchev–Trinajstić information content (AvgIpc) is 2.34. The number of hydrogen-bond donors (Lipinski definition) is 0. The first-order valence-electron chi connectivity index (χ1n) is 5.77. The molecule has 0 bridgehead atoms. The van der Waals surface area contributed by atoms with Gasteiger partial charge in [0.05, 0.1) is 19.3 Å². The number of carbonyl (C=O) groups is 1. The Balaban J connectivity index is 1.79. The van der Waals surface area contributed by atoms with E-state index in [2.05, 4.69) is 18.7 Å². The smallest absolute Gasteiger partial charge is 0.330 e. The number of benzene rings is 1. The second-order valence-corrected chi connectivity index (χ2v) is 4.08. The maximum absolute atomic E-state index is 10.9. The Hall–Kier alpha value is -1.61. The van der Waals surface area contributed by atoms with E-state index < -0.39 is 0 Å². The van der Waals surface area contributed by atoms with Crippen molar-refractivity contribution in [1.82, 2.24) is 0 Å². The van der Waals surface area contributed by atoms with Crippen molar-refractivity contribution in [3.63, 3.8) is 0 Å². The van der Waals surface area contributed by atoms with Gasteiger partial charge in [-0.1, -0.05) is 36.9 Å². The van der Waals surface area contributed by atoms with Gasteiger partial charge in [0.1, 0.15) is 0 Å². The van der Waals surface area contributed by atoms with Gasteiger partial charge < -0.3 is 9.47 Å². The second-order valence-electron chi connectivity index (χ2n) is 4.08. The van der Waals surface area contributed by atoms with Crippen LogP contribution in [0.25, 0.3) is 0 Å². The molecular weight excluding hydrogens is 216 g/mol. The van der Waals surface area contributed by atoms with Crippen LogP contribution in [0.5, 0.6) is 0 Å². The minimum Gasteiger partial charge on any atom is -0.463 e. The summed E-state index contributed by atoms with van der Waals surface area (Å²) in [5, 5.41) is 0. The molecule has 0 spiro atoms. The van der Waals surface area contributed by atoms with Gasteiger partial charge in [0.2, 0.25) is 0 Å². The Kier molecular flexibility index (Phi) is 3.94. The topological polar surface area (TPSA) is 35.5 Å². The van der Waals surface area contributed by atoms with Crippen LogP contribution in [-0.2, 0) is 14.3 Å². The minimum absolute atomic E-state index is 0.152. The zero-order valence-electron chi connectivity index (χ0n) is 9.67. The van der Waals surface area contributed by atoms with Crippen molar-refractivity contribution >= 4 is 5.97 Å². The molecule has 0 saturated carbocycles. The van der Waals surface area contributed by atoms with Crippen molar-refractivity contribution in [2.75, 3.05) is 13.2 Å². The van der Waals surface area contributed by atoms with Gasteiger partial charge >= 0.3 is 5.97 Å². The Morgan fingerprint density at radius 3 is 2.82 bits per heavy atom. The maximum Gasteiger partial charge on any atom is 0.330 e. The predicted molar refractivity (Wildman–Crippen MR) is 64.4 cm³/mol. The molecule has 0 aliphatic carbocycles. The first kappa shape index (κ1) is 11.9. The van der Waals surface area contributed by atoms with E-state index in [1.807, 2.05) is 18.2 Å². The van der Waals surface area contributed by atoms with Crippen LogP contribution in [0.15, 0.2) is 43.0 Å². The van der Waals surface area contributed by atoms with Gasteiger partial charge in [-0.2, -0.15) is 0 Å².